The highest BCUT2D eigenvalue weighted by Crippen LogP contribution is 2.41. The summed E-state index contributed by atoms with van der Waals surface area (Å²) >= 11 is 0. The quantitative estimate of drug-likeness (QED) is 0.223. The fourth-order valence-corrected chi connectivity index (χ4v) is 7.10. The minimum Gasteiger partial charge on any atom is -0.458 e. The van der Waals surface area contributed by atoms with Gasteiger partial charge in [-0.25, -0.2) is 0 Å². The van der Waals surface area contributed by atoms with Crippen LogP contribution in [0.25, 0.3) is 27.5 Å². The lowest BCUT2D eigenvalue weighted by Gasteiger charge is -2.34. The van der Waals surface area contributed by atoms with E-state index < -0.39 is 0 Å². The van der Waals surface area contributed by atoms with Gasteiger partial charge in [-0.05, 0) is 89.5 Å². The molecule has 0 spiro atoms. The largest absolute Gasteiger partial charge is 0.458 e. The molecule has 3 heterocycles. The predicted molar refractivity (Wildman–Crippen MR) is 171 cm³/mol. The van der Waals surface area contributed by atoms with Crippen LogP contribution in [-0.4, -0.2) is 11.3 Å². The molecule has 0 aliphatic carbocycles. The Bertz CT molecular complexity index is 2110. The molecule has 41 heavy (non-hydrogen) atoms. The van der Waals surface area contributed by atoms with Crippen molar-refractivity contribution in [3.63, 3.8) is 0 Å². The summed E-state index contributed by atoms with van der Waals surface area (Å²) < 4.78 is 9.21. The van der Waals surface area contributed by atoms with Gasteiger partial charge in [0.2, 0.25) is 0 Å². The third-order valence-electron chi connectivity index (χ3n) is 8.73. The number of benzene rings is 6. The van der Waals surface area contributed by atoms with Crippen molar-refractivity contribution < 1.29 is 4.74 Å². The highest BCUT2D eigenvalue weighted by Gasteiger charge is 2.41. The minimum absolute atomic E-state index is 0.0678. The monoisotopic (exact) mass is 524 g/mol. The lowest BCUT2D eigenvalue weighted by molar-refractivity contribution is 0.487. The summed E-state index contributed by atoms with van der Waals surface area (Å²) in [5.74, 6) is 1.88. The van der Waals surface area contributed by atoms with Gasteiger partial charge in [-0.2, -0.15) is 0 Å². The summed E-state index contributed by atoms with van der Waals surface area (Å²) in [7, 11) is 0. The van der Waals surface area contributed by atoms with Crippen molar-refractivity contribution in [2.45, 2.75) is 6.92 Å². The molecule has 6 aromatic carbocycles. The fraction of sp³-hybridized carbons (Fsp3) is 0.0270. The molecule has 192 valence electrons. The Hall–Kier alpha value is -5.22. The van der Waals surface area contributed by atoms with Crippen molar-refractivity contribution >= 4 is 62.0 Å². The molecular weight excluding hydrogens is 499 g/mol. The molecule has 0 saturated heterocycles. The second-order valence-electron chi connectivity index (χ2n) is 11.0. The first kappa shape index (κ1) is 22.6. The van der Waals surface area contributed by atoms with Crippen molar-refractivity contribution in [2.24, 2.45) is 0 Å². The zero-order valence-electron chi connectivity index (χ0n) is 22.6. The summed E-state index contributed by atoms with van der Waals surface area (Å²) in [5, 5.41) is 2.61. The van der Waals surface area contributed by atoms with Crippen LogP contribution < -0.4 is 26.0 Å². The Labute approximate surface area is 238 Å². The standard InChI is InChI=1S/C37H25BN2O/c1-24-22-34-36-37-35(24)28-16-8-10-18-31(28)40(37)32-19-11-9-17-29(32)38(36)30-23-27(20-21-33(30)41-34)39(25-12-4-2-5-13-25)26-14-6-3-7-15-26/h2-23H,1H3. The molecule has 2 aliphatic heterocycles. The molecule has 9 rings (SSSR count). The average Bonchev–Trinajstić information content (AvgIpc) is 3.38. The van der Waals surface area contributed by atoms with Gasteiger partial charge in [0.15, 0.2) is 0 Å². The van der Waals surface area contributed by atoms with Crippen molar-refractivity contribution in [3.8, 4) is 17.2 Å². The lowest BCUT2D eigenvalue weighted by atomic mass is 9.34. The van der Waals surface area contributed by atoms with Crippen LogP contribution in [0.2, 0.25) is 0 Å². The van der Waals surface area contributed by atoms with Crippen molar-refractivity contribution in [1.82, 2.24) is 4.57 Å². The van der Waals surface area contributed by atoms with Crippen LogP contribution in [0.4, 0.5) is 17.1 Å². The topological polar surface area (TPSA) is 17.4 Å². The maximum absolute atomic E-state index is 6.75. The molecule has 4 heteroatoms. The summed E-state index contributed by atoms with van der Waals surface area (Å²) in [6, 6.07) is 47.8. The van der Waals surface area contributed by atoms with E-state index in [0.29, 0.717) is 0 Å². The van der Waals surface area contributed by atoms with Crippen LogP contribution in [0.1, 0.15) is 5.56 Å². The van der Waals surface area contributed by atoms with E-state index >= 15 is 0 Å². The van der Waals surface area contributed by atoms with Crippen LogP contribution in [0.5, 0.6) is 11.5 Å². The molecule has 3 nitrogen and oxygen atoms in total. The van der Waals surface area contributed by atoms with E-state index in [0.717, 1.165) is 28.6 Å². The molecule has 0 radical (unpaired) electrons. The highest BCUT2D eigenvalue weighted by atomic mass is 16.5. The molecule has 2 aliphatic rings. The molecule has 1 aromatic heterocycles. The Morgan fingerprint density at radius 2 is 1.29 bits per heavy atom. The van der Waals surface area contributed by atoms with Gasteiger partial charge in [-0.15, -0.1) is 0 Å². The van der Waals surface area contributed by atoms with Crippen LogP contribution in [-0.2, 0) is 0 Å². The van der Waals surface area contributed by atoms with Gasteiger partial charge in [0, 0.05) is 33.5 Å². The Morgan fingerprint density at radius 3 is 2.07 bits per heavy atom. The Kier molecular flexibility index (Phi) is 4.62. The van der Waals surface area contributed by atoms with Gasteiger partial charge in [0.1, 0.15) is 11.5 Å². The minimum atomic E-state index is 0.0678. The van der Waals surface area contributed by atoms with Crippen LogP contribution >= 0.6 is 0 Å². The van der Waals surface area contributed by atoms with E-state index in [2.05, 4.69) is 150 Å². The van der Waals surface area contributed by atoms with Gasteiger partial charge in [-0.3, -0.25) is 0 Å². The number of anilines is 3. The van der Waals surface area contributed by atoms with Gasteiger partial charge >= 0.3 is 0 Å². The van der Waals surface area contributed by atoms with Crippen molar-refractivity contribution in [1.29, 1.82) is 0 Å². The molecule has 0 amide bonds. The third kappa shape index (κ3) is 3.10. The number of aromatic nitrogens is 1. The van der Waals surface area contributed by atoms with E-state index in [4.69, 9.17) is 4.74 Å². The van der Waals surface area contributed by atoms with E-state index in [1.54, 1.807) is 0 Å². The van der Waals surface area contributed by atoms with Crippen LogP contribution in [0.15, 0.2) is 133 Å². The lowest BCUT2D eigenvalue weighted by Crippen LogP contribution is -2.58. The number of nitrogens with zero attached hydrogens (tertiary/aromatic N) is 2. The molecule has 0 N–H and O–H groups in total. The smallest absolute Gasteiger partial charge is 0.256 e. The number of rotatable bonds is 3. The first-order chi connectivity index (χ1) is 20.3. The normalized spacial score (nSPS) is 12.7. The first-order valence-corrected chi connectivity index (χ1v) is 14.2. The molecule has 0 saturated carbocycles. The van der Waals surface area contributed by atoms with Crippen molar-refractivity contribution in [3.05, 3.63) is 139 Å². The van der Waals surface area contributed by atoms with E-state index in [1.165, 1.54) is 49.4 Å². The predicted octanol–water partition coefficient (Wildman–Crippen LogP) is 7.50. The van der Waals surface area contributed by atoms with Gasteiger partial charge in [0.05, 0.1) is 11.0 Å². The number of para-hydroxylation sites is 4. The second-order valence-corrected chi connectivity index (χ2v) is 11.0. The van der Waals surface area contributed by atoms with Crippen LogP contribution in [0, 0.1) is 6.92 Å². The Balaban J connectivity index is 1.35. The molecule has 0 fully saturated rings. The average molecular weight is 524 g/mol. The SMILES string of the molecule is Cc1cc2c3c4c1c1ccccc1n4-c1ccccc1B3c1cc(N(c3ccccc3)c3ccccc3)ccc1O2. The molecule has 0 unspecified atom stereocenters. The molecule has 0 bridgehead atoms. The molecular formula is C37H25BN2O. The highest BCUT2D eigenvalue weighted by molar-refractivity contribution is 6.99. The first-order valence-electron chi connectivity index (χ1n) is 14.2. The van der Waals surface area contributed by atoms with Crippen molar-refractivity contribution in [2.75, 3.05) is 4.90 Å². The van der Waals surface area contributed by atoms with Crippen LogP contribution in [0.3, 0.4) is 0 Å². The molecule has 0 atom stereocenters. The fourth-order valence-electron chi connectivity index (χ4n) is 7.10. The summed E-state index contributed by atoms with van der Waals surface area (Å²) in [4.78, 5) is 2.33. The van der Waals surface area contributed by atoms with E-state index in [9.17, 15) is 0 Å². The van der Waals surface area contributed by atoms with E-state index in [-0.39, 0.29) is 6.71 Å². The summed E-state index contributed by atoms with van der Waals surface area (Å²) in [6.07, 6.45) is 0. The number of aryl methyl sites for hydroxylation is 1. The van der Waals surface area contributed by atoms with Gasteiger partial charge < -0.3 is 14.2 Å². The maximum atomic E-state index is 6.75. The summed E-state index contributed by atoms with van der Waals surface area (Å²) in [6.45, 7) is 2.28. The summed E-state index contributed by atoms with van der Waals surface area (Å²) in [5.41, 5.74) is 12.1. The number of hydrogen-bond donors (Lipinski definition) is 0. The molecule has 7 aromatic rings. The number of ether oxygens (including phenoxy) is 1. The second kappa shape index (κ2) is 8.39. The van der Waals surface area contributed by atoms with Gasteiger partial charge in [-0.1, -0.05) is 72.8 Å². The zero-order valence-corrected chi connectivity index (χ0v) is 22.6. The number of fused-ring (bicyclic) bond motifs is 8. The Morgan fingerprint density at radius 1 is 0.610 bits per heavy atom. The van der Waals surface area contributed by atoms with Gasteiger partial charge in [0.25, 0.3) is 6.71 Å². The van der Waals surface area contributed by atoms with E-state index in [1.807, 2.05) is 0 Å². The number of hydrogen-bond acceptors (Lipinski definition) is 2. The third-order valence-corrected chi connectivity index (χ3v) is 8.73. The zero-order chi connectivity index (χ0) is 27.1. The maximum Gasteiger partial charge on any atom is 0.256 e.